The number of ether oxygens (including phenoxy) is 3. The van der Waals surface area contributed by atoms with Gasteiger partial charge < -0.3 is 14.2 Å². The van der Waals surface area contributed by atoms with Crippen molar-refractivity contribution in [2.45, 2.75) is 18.4 Å². The third-order valence-electron chi connectivity index (χ3n) is 2.89. The van der Waals surface area contributed by atoms with E-state index in [1.165, 1.54) is 0 Å². The first-order valence-corrected chi connectivity index (χ1v) is 8.89. The maximum atomic E-state index is 12.6. The van der Waals surface area contributed by atoms with Gasteiger partial charge in [0.25, 0.3) is 0 Å². The Bertz CT molecular complexity index is 697. The molecular weight excluding hydrogens is 395 g/mol. The second-order valence-corrected chi connectivity index (χ2v) is 6.57. The van der Waals surface area contributed by atoms with Gasteiger partial charge in [0.2, 0.25) is 0 Å². The number of carbonyl (C=O) groups is 3. The summed E-state index contributed by atoms with van der Waals surface area (Å²) in [7, 11) is -2.49. The van der Waals surface area contributed by atoms with E-state index in [2.05, 4.69) is 18.5 Å². The SMILES string of the molecule is C#CCOC(=O)CC(CC(=O)OCC#C)(OP(=O)(OC)OC)C(=O)OCC#C. The second kappa shape index (κ2) is 12.6. The van der Waals surface area contributed by atoms with Gasteiger partial charge >= 0.3 is 25.7 Å². The van der Waals surface area contributed by atoms with Gasteiger partial charge in [0.1, 0.15) is 0 Å². The molecule has 0 aliphatic carbocycles. The minimum atomic E-state index is -4.40. The lowest BCUT2D eigenvalue weighted by Crippen LogP contribution is -2.47. The van der Waals surface area contributed by atoms with E-state index in [9.17, 15) is 18.9 Å². The van der Waals surface area contributed by atoms with Crippen molar-refractivity contribution in [1.82, 2.24) is 0 Å². The van der Waals surface area contributed by atoms with Crippen molar-refractivity contribution in [3.63, 3.8) is 0 Å². The highest BCUT2D eigenvalue weighted by molar-refractivity contribution is 7.48. The fourth-order valence-electron chi connectivity index (χ4n) is 1.72. The van der Waals surface area contributed by atoms with Gasteiger partial charge in [0, 0.05) is 14.2 Å². The number of phosphoric acid groups is 1. The quantitative estimate of drug-likeness (QED) is 0.192. The largest absolute Gasteiger partial charge is 0.475 e. The molecule has 0 aromatic heterocycles. The van der Waals surface area contributed by atoms with Crippen molar-refractivity contribution in [3.05, 3.63) is 0 Å². The Kier molecular flexibility index (Phi) is 11.3. The highest BCUT2D eigenvalue weighted by Gasteiger charge is 2.52. The number of hydrogen-bond donors (Lipinski definition) is 0. The molecule has 0 aliphatic rings. The van der Waals surface area contributed by atoms with E-state index < -0.39 is 64.0 Å². The van der Waals surface area contributed by atoms with Gasteiger partial charge in [-0.1, -0.05) is 17.8 Å². The van der Waals surface area contributed by atoms with Crippen LogP contribution in [0.15, 0.2) is 0 Å². The molecule has 10 nitrogen and oxygen atoms in total. The van der Waals surface area contributed by atoms with Crippen LogP contribution in [0.3, 0.4) is 0 Å². The van der Waals surface area contributed by atoms with Gasteiger partial charge in [-0.25, -0.2) is 9.36 Å². The monoisotopic (exact) mass is 414 g/mol. The van der Waals surface area contributed by atoms with Crippen molar-refractivity contribution in [2.75, 3.05) is 34.0 Å². The van der Waals surface area contributed by atoms with E-state index in [0.29, 0.717) is 0 Å². The summed E-state index contributed by atoms with van der Waals surface area (Å²) in [6.07, 6.45) is 13.1. The molecule has 0 bridgehead atoms. The minimum absolute atomic E-state index is 0.428. The molecule has 0 aromatic rings. The summed E-state index contributed by atoms with van der Waals surface area (Å²) in [5, 5.41) is 0. The van der Waals surface area contributed by atoms with Gasteiger partial charge in [-0.2, -0.15) is 0 Å². The summed E-state index contributed by atoms with van der Waals surface area (Å²) in [5.74, 6) is 2.66. The lowest BCUT2D eigenvalue weighted by Gasteiger charge is -2.31. The van der Waals surface area contributed by atoms with Crippen molar-refractivity contribution < 1.29 is 46.7 Å². The molecular formula is C17H19O10P. The van der Waals surface area contributed by atoms with E-state index in [1.807, 2.05) is 17.8 Å². The van der Waals surface area contributed by atoms with E-state index in [-0.39, 0.29) is 0 Å². The fourth-order valence-corrected chi connectivity index (χ4v) is 2.65. The van der Waals surface area contributed by atoms with Crippen LogP contribution in [-0.4, -0.2) is 57.5 Å². The summed E-state index contributed by atoms with van der Waals surface area (Å²) >= 11 is 0. The lowest BCUT2D eigenvalue weighted by molar-refractivity contribution is -0.174. The Hall–Kier alpha value is -2.80. The van der Waals surface area contributed by atoms with Gasteiger partial charge in [-0.05, 0) is 0 Å². The summed E-state index contributed by atoms with van der Waals surface area (Å²) in [5.41, 5.74) is -2.52. The zero-order valence-corrected chi connectivity index (χ0v) is 16.2. The zero-order valence-electron chi connectivity index (χ0n) is 15.3. The third-order valence-corrected chi connectivity index (χ3v) is 4.35. The van der Waals surface area contributed by atoms with Crippen LogP contribution in [-0.2, 0) is 46.7 Å². The first-order valence-electron chi connectivity index (χ1n) is 7.43. The fraction of sp³-hybridized carbons (Fsp3) is 0.471. The summed E-state index contributed by atoms with van der Waals surface area (Å²) in [4.78, 5) is 36.7. The molecule has 0 amide bonds. The van der Waals surface area contributed by atoms with Crippen molar-refractivity contribution in [2.24, 2.45) is 0 Å². The Labute approximate surface area is 162 Å². The molecule has 0 saturated heterocycles. The van der Waals surface area contributed by atoms with E-state index in [0.717, 1.165) is 14.2 Å². The van der Waals surface area contributed by atoms with E-state index in [4.69, 9.17) is 28.5 Å². The zero-order chi connectivity index (χ0) is 21.6. The molecule has 0 aromatic carbocycles. The van der Waals surface area contributed by atoms with Gasteiger partial charge in [0.15, 0.2) is 25.4 Å². The van der Waals surface area contributed by atoms with E-state index >= 15 is 0 Å². The maximum Gasteiger partial charge on any atom is 0.475 e. The number of phosphoric ester groups is 1. The Balaban J connectivity index is 6.04. The molecule has 152 valence electrons. The summed E-state index contributed by atoms with van der Waals surface area (Å²) in [6.45, 7) is -1.39. The molecule has 0 spiro atoms. The highest BCUT2D eigenvalue weighted by Crippen LogP contribution is 2.53. The topological polar surface area (TPSA) is 124 Å². The number of terminal acetylenes is 3. The van der Waals surface area contributed by atoms with Gasteiger partial charge in [0.05, 0.1) is 12.8 Å². The minimum Gasteiger partial charge on any atom is -0.452 e. The Morgan fingerprint density at radius 3 is 1.57 bits per heavy atom. The molecule has 0 fully saturated rings. The van der Waals surface area contributed by atoms with Gasteiger partial charge in [-0.3, -0.25) is 23.2 Å². The summed E-state index contributed by atoms with van der Waals surface area (Å²) < 4.78 is 41.0. The molecule has 0 N–H and O–H groups in total. The highest BCUT2D eigenvalue weighted by atomic mass is 31.2. The standard InChI is InChI=1S/C17H19O10P/c1-6-9-24-14(18)12-17(16(20)26-11-8-3,13-15(19)25-10-7-2)27-28(21,22-4)23-5/h1-3H,9-13H2,4-5H3. The average molecular weight is 414 g/mol. The van der Waals surface area contributed by atoms with E-state index in [1.54, 1.807) is 0 Å². The van der Waals surface area contributed by atoms with Crippen LogP contribution in [0.25, 0.3) is 0 Å². The van der Waals surface area contributed by atoms with Crippen LogP contribution >= 0.6 is 7.82 Å². The van der Waals surface area contributed by atoms with Crippen LogP contribution in [0.1, 0.15) is 12.8 Å². The van der Waals surface area contributed by atoms with Crippen molar-refractivity contribution in [1.29, 1.82) is 0 Å². The van der Waals surface area contributed by atoms with Crippen LogP contribution in [0.2, 0.25) is 0 Å². The molecule has 0 rings (SSSR count). The van der Waals surface area contributed by atoms with Crippen molar-refractivity contribution >= 4 is 25.7 Å². The Morgan fingerprint density at radius 2 is 1.21 bits per heavy atom. The van der Waals surface area contributed by atoms with Crippen LogP contribution in [0.5, 0.6) is 0 Å². The predicted octanol–water partition coefficient (Wildman–Crippen LogP) is 0.452. The smallest absolute Gasteiger partial charge is 0.452 e. The molecule has 11 heteroatoms. The van der Waals surface area contributed by atoms with Crippen LogP contribution in [0, 0.1) is 37.0 Å². The lowest BCUT2D eigenvalue weighted by atomic mass is 9.95. The first kappa shape index (κ1) is 25.2. The molecule has 0 atom stereocenters. The molecule has 28 heavy (non-hydrogen) atoms. The molecule has 0 saturated carbocycles. The molecule has 0 unspecified atom stereocenters. The number of hydrogen-bond acceptors (Lipinski definition) is 10. The number of esters is 3. The third kappa shape index (κ3) is 8.26. The van der Waals surface area contributed by atoms with Crippen LogP contribution < -0.4 is 0 Å². The van der Waals surface area contributed by atoms with Crippen molar-refractivity contribution in [3.8, 4) is 37.0 Å². The predicted molar refractivity (Wildman–Crippen MR) is 94.1 cm³/mol. The Morgan fingerprint density at radius 1 is 0.821 bits per heavy atom. The molecule has 0 radical (unpaired) electrons. The van der Waals surface area contributed by atoms with Gasteiger partial charge in [-0.15, -0.1) is 19.3 Å². The average Bonchev–Trinajstić information content (AvgIpc) is 2.68. The number of carbonyl (C=O) groups excluding carboxylic acids is 3. The number of rotatable bonds is 12. The maximum absolute atomic E-state index is 12.6. The second-order valence-electron chi connectivity index (χ2n) is 4.76. The first-order chi connectivity index (χ1) is 13.2. The molecule has 0 aliphatic heterocycles. The molecule has 0 heterocycles. The summed E-state index contributed by atoms with van der Waals surface area (Å²) in [6, 6.07) is 0. The normalized spacial score (nSPS) is 10.7. The van der Waals surface area contributed by atoms with Crippen LogP contribution in [0.4, 0.5) is 0 Å².